The number of nitrogens with zero attached hydrogens (tertiary/aromatic N) is 1. The summed E-state index contributed by atoms with van der Waals surface area (Å²) < 4.78 is 5.58. The number of anilines is 2. The molecule has 0 fully saturated rings. The van der Waals surface area contributed by atoms with E-state index in [2.05, 4.69) is 22.5 Å². The number of ether oxygens (including phenoxy) is 1. The Kier molecular flexibility index (Phi) is 6.09. The van der Waals surface area contributed by atoms with Crippen molar-refractivity contribution in [2.45, 2.75) is 13.3 Å². The molecule has 0 aliphatic heterocycles. The second-order valence-electron chi connectivity index (χ2n) is 5.50. The van der Waals surface area contributed by atoms with Crippen LogP contribution in [0, 0.1) is 0 Å². The summed E-state index contributed by atoms with van der Waals surface area (Å²) in [6.45, 7) is 2.77. The number of rotatable bonds is 6. The van der Waals surface area contributed by atoms with Crippen LogP contribution in [0.2, 0.25) is 5.02 Å². The molecule has 0 saturated carbocycles. The molecule has 0 radical (unpaired) electrons. The molecule has 0 aliphatic rings. The van der Waals surface area contributed by atoms with E-state index < -0.39 is 0 Å². The fraction of sp³-hybridized carbons (Fsp3) is 0.158. The largest absolute Gasteiger partial charge is 0.494 e. The molecule has 26 heavy (non-hydrogen) atoms. The summed E-state index contributed by atoms with van der Waals surface area (Å²) >= 11 is 7.27. The van der Waals surface area contributed by atoms with Gasteiger partial charge in [-0.25, -0.2) is 9.78 Å². The van der Waals surface area contributed by atoms with Gasteiger partial charge >= 0.3 is 6.03 Å². The average Bonchev–Trinajstić information content (AvgIpc) is 3.08. The number of carbonyl (C=O) groups is 1. The number of carbonyl (C=O) groups excluding carboxylic acids is 1. The molecule has 0 spiro atoms. The maximum atomic E-state index is 12.1. The van der Waals surface area contributed by atoms with Gasteiger partial charge in [0, 0.05) is 21.7 Å². The highest BCUT2D eigenvalue weighted by Crippen LogP contribution is 2.26. The first-order valence-corrected chi connectivity index (χ1v) is 9.42. The fourth-order valence-electron chi connectivity index (χ4n) is 2.23. The van der Waals surface area contributed by atoms with E-state index in [0.29, 0.717) is 22.4 Å². The number of hydrogen-bond donors (Lipinski definition) is 2. The van der Waals surface area contributed by atoms with Crippen molar-refractivity contribution in [2.75, 3.05) is 17.2 Å². The van der Waals surface area contributed by atoms with Crippen LogP contribution in [0.4, 0.5) is 15.6 Å². The molecule has 2 amide bonds. The number of amides is 2. The van der Waals surface area contributed by atoms with E-state index in [-0.39, 0.29) is 6.03 Å². The SMILES string of the molecule is CCCOc1ccc(-c2csc(NC(=O)Nc3cccc(Cl)c3)n2)cc1. The van der Waals surface area contributed by atoms with Crippen LogP contribution in [0.25, 0.3) is 11.3 Å². The number of nitrogens with one attached hydrogen (secondary N) is 2. The van der Waals surface area contributed by atoms with Crippen LogP contribution in [0.15, 0.2) is 53.9 Å². The lowest BCUT2D eigenvalue weighted by Gasteiger charge is -2.06. The number of hydrogen-bond acceptors (Lipinski definition) is 4. The number of urea groups is 1. The maximum absolute atomic E-state index is 12.1. The van der Waals surface area contributed by atoms with Crippen LogP contribution >= 0.6 is 22.9 Å². The zero-order valence-electron chi connectivity index (χ0n) is 14.2. The zero-order valence-corrected chi connectivity index (χ0v) is 15.7. The number of thiazole rings is 1. The molecule has 0 bridgehead atoms. The van der Waals surface area contributed by atoms with Crippen molar-refractivity contribution in [1.29, 1.82) is 0 Å². The summed E-state index contributed by atoms with van der Waals surface area (Å²) in [7, 11) is 0. The first-order chi connectivity index (χ1) is 12.6. The molecule has 2 aromatic carbocycles. The Morgan fingerprint density at radius 3 is 2.73 bits per heavy atom. The van der Waals surface area contributed by atoms with Gasteiger partial charge in [-0.1, -0.05) is 24.6 Å². The maximum Gasteiger partial charge on any atom is 0.325 e. The van der Waals surface area contributed by atoms with E-state index >= 15 is 0 Å². The smallest absolute Gasteiger partial charge is 0.325 e. The molecule has 0 saturated heterocycles. The van der Waals surface area contributed by atoms with Gasteiger partial charge in [-0.05, 0) is 48.9 Å². The van der Waals surface area contributed by atoms with Gasteiger partial charge in [-0.15, -0.1) is 11.3 Å². The van der Waals surface area contributed by atoms with Gasteiger partial charge in [0.15, 0.2) is 5.13 Å². The highest BCUT2D eigenvalue weighted by atomic mass is 35.5. The van der Waals surface area contributed by atoms with E-state index in [1.807, 2.05) is 29.6 Å². The zero-order chi connectivity index (χ0) is 18.4. The Morgan fingerprint density at radius 1 is 1.19 bits per heavy atom. The highest BCUT2D eigenvalue weighted by Gasteiger charge is 2.09. The minimum atomic E-state index is -0.364. The first kappa shape index (κ1) is 18.2. The van der Waals surface area contributed by atoms with Crippen molar-refractivity contribution >= 4 is 39.8 Å². The summed E-state index contributed by atoms with van der Waals surface area (Å²) in [5.41, 5.74) is 2.39. The van der Waals surface area contributed by atoms with Crippen molar-refractivity contribution in [3.8, 4) is 17.0 Å². The molecule has 1 aromatic heterocycles. The van der Waals surface area contributed by atoms with Crippen LogP contribution in [0.5, 0.6) is 5.75 Å². The fourth-order valence-corrected chi connectivity index (χ4v) is 3.14. The molecular formula is C19H18ClN3O2S. The standard InChI is InChI=1S/C19H18ClN3O2S/c1-2-10-25-16-8-6-13(7-9-16)17-12-26-19(22-17)23-18(24)21-15-5-3-4-14(20)11-15/h3-9,11-12H,2,10H2,1H3,(H2,21,22,23,24). The van der Waals surface area contributed by atoms with Crippen molar-refractivity contribution in [2.24, 2.45) is 0 Å². The molecule has 7 heteroatoms. The van der Waals surface area contributed by atoms with Crippen molar-refractivity contribution in [3.05, 3.63) is 58.9 Å². The van der Waals surface area contributed by atoms with Crippen molar-refractivity contribution < 1.29 is 9.53 Å². The summed E-state index contributed by atoms with van der Waals surface area (Å²) in [5.74, 6) is 0.838. The van der Waals surface area contributed by atoms with Crippen LogP contribution in [-0.4, -0.2) is 17.6 Å². The van der Waals surface area contributed by atoms with Gasteiger partial charge in [-0.3, -0.25) is 5.32 Å². The van der Waals surface area contributed by atoms with Crippen molar-refractivity contribution in [3.63, 3.8) is 0 Å². The summed E-state index contributed by atoms with van der Waals surface area (Å²) in [6.07, 6.45) is 0.972. The van der Waals surface area contributed by atoms with Gasteiger partial charge in [0.05, 0.1) is 12.3 Å². The minimum Gasteiger partial charge on any atom is -0.494 e. The van der Waals surface area contributed by atoms with E-state index in [0.717, 1.165) is 23.4 Å². The van der Waals surface area contributed by atoms with Crippen LogP contribution < -0.4 is 15.4 Å². The Labute approximate surface area is 161 Å². The number of benzene rings is 2. The van der Waals surface area contributed by atoms with E-state index in [9.17, 15) is 4.79 Å². The molecular weight excluding hydrogens is 370 g/mol. The Hall–Kier alpha value is -2.57. The van der Waals surface area contributed by atoms with Crippen molar-refractivity contribution in [1.82, 2.24) is 4.98 Å². The molecule has 0 aliphatic carbocycles. The molecule has 134 valence electrons. The second-order valence-corrected chi connectivity index (χ2v) is 6.79. The molecule has 1 heterocycles. The van der Waals surface area contributed by atoms with Gasteiger partial charge in [0.2, 0.25) is 0 Å². The van der Waals surface area contributed by atoms with E-state index in [1.54, 1.807) is 24.3 Å². The number of halogens is 1. The van der Waals surface area contributed by atoms with Crippen LogP contribution in [0.3, 0.4) is 0 Å². The predicted molar refractivity (Wildman–Crippen MR) is 107 cm³/mol. The monoisotopic (exact) mass is 387 g/mol. The first-order valence-electron chi connectivity index (χ1n) is 8.16. The number of aromatic nitrogens is 1. The van der Waals surface area contributed by atoms with Gasteiger partial charge in [0.25, 0.3) is 0 Å². The minimum absolute atomic E-state index is 0.364. The third kappa shape index (κ3) is 4.97. The molecule has 5 nitrogen and oxygen atoms in total. The third-order valence-electron chi connectivity index (χ3n) is 3.43. The lowest BCUT2D eigenvalue weighted by atomic mass is 10.2. The Balaban J connectivity index is 1.61. The normalized spacial score (nSPS) is 10.4. The molecule has 3 rings (SSSR count). The lowest BCUT2D eigenvalue weighted by molar-refractivity contribution is 0.262. The van der Waals surface area contributed by atoms with Crippen LogP contribution in [-0.2, 0) is 0 Å². The average molecular weight is 388 g/mol. The predicted octanol–water partition coefficient (Wildman–Crippen LogP) is 5.90. The third-order valence-corrected chi connectivity index (χ3v) is 4.42. The summed E-state index contributed by atoms with van der Waals surface area (Å²) in [5, 5.41) is 8.43. The van der Waals surface area contributed by atoms with Gasteiger partial charge < -0.3 is 10.1 Å². The molecule has 2 N–H and O–H groups in total. The highest BCUT2D eigenvalue weighted by molar-refractivity contribution is 7.14. The van der Waals surface area contributed by atoms with E-state index in [1.165, 1.54) is 11.3 Å². The Morgan fingerprint density at radius 2 is 2.00 bits per heavy atom. The van der Waals surface area contributed by atoms with E-state index in [4.69, 9.17) is 16.3 Å². The summed E-state index contributed by atoms with van der Waals surface area (Å²) in [4.78, 5) is 16.5. The van der Waals surface area contributed by atoms with Crippen LogP contribution in [0.1, 0.15) is 13.3 Å². The molecule has 3 aromatic rings. The second kappa shape index (κ2) is 8.69. The quantitative estimate of drug-likeness (QED) is 0.553. The lowest BCUT2D eigenvalue weighted by Crippen LogP contribution is -2.19. The van der Waals surface area contributed by atoms with Gasteiger partial charge in [0.1, 0.15) is 5.75 Å². The van der Waals surface area contributed by atoms with Gasteiger partial charge in [-0.2, -0.15) is 0 Å². The molecule has 0 unspecified atom stereocenters. The topological polar surface area (TPSA) is 63.2 Å². The summed E-state index contributed by atoms with van der Waals surface area (Å²) in [6, 6.07) is 14.3. The molecule has 0 atom stereocenters. The Bertz CT molecular complexity index is 881.